The van der Waals surface area contributed by atoms with Gasteiger partial charge in [0.25, 0.3) is 0 Å². The summed E-state index contributed by atoms with van der Waals surface area (Å²) in [5.74, 6) is -0.206. The maximum absolute atomic E-state index is 11.9. The van der Waals surface area contributed by atoms with Crippen molar-refractivity contribution < 1.29 is 14.7 Å². The molecule has 0 aromatic carbocycles. The number of nitrogens with two attached hydrogens (primary N) is 1. The normalized spacial score (nSPS) is 14.8. The van der Waals surface area contributed by atoms with Gasteiger partial charge in [0, 0.05) is 10.8 Å². The highest BCUT2D eigenvalue weighted by Gasteiger charge is 2.33. The quantitative estimate of drug-likeness (QED) is 0.574. The molecule has 5 nitrogen and oxygen atoms in total. The zero-order valence-electron chi connectivity index (χ0n) is 13.8. The lowest BCUT2D eigenvalue weighted by Crippen LogP contribution is -2.47. The predicted molar refractivity (Wildman–Crippen MR) is 88.4 cm³/mol. The Morgan fingerprint density at radius 1 is 1.24 bits per heavy atom. The van der Waals surface area contributed by atoms with E-state index in [2.05, 4.69) is 19.2 Å². The van der Waals surface area contributed by atoms with E-state index >= 15 is 0 Å². The lowest BCUT2D eigenvalue weighted by Gasteiger charge is -2.28. The van der Waals surface area contributed by atoms with Gasteiger partial charge >= 0.3 is 5.97 Å². The second-order valence-corrected chi connectivity index (χ2v) is 8.13. The average Bonchev–Trinajstić information content (AvgIpc) is 2.34. The summed E-state index contributed by atoms with van der Waals surface area (Å²) < 4.78 is -0.677. The average molecular weight is 318 g/mol. The molecule has 4 N–H and O–H groups in total. The molecule has 0 fully saturated rings. The Morgan fingerprint density at radius 2 is 1.81 bits per heavy atom. The zero-order chi connectivity index (χ0) is 16.6. The summed E-state index contributed by atoms with van der Waals surface area (Å²) in [5, 5.41) is 11.9. The summed E-state index contributed by atoms with van der Waals surface area (Å²) in [5.41, 5.74) is 5.62. The van der Waals surface area contributed by atoms with E-state index < -0.39 is 16.8 Å². The molecule has 0 saturated carbocycles. The SMILES string of the molecule is CC(C)CCCC(C)NC(=O)CSC(C)(C)[C@@H](N)C(=O)O. The monoisotopic (exact) mass is 318 g/mol. The summed E-state index contributed by atoms with van der Waals surface area (Å²) in [6, 6.07) is -0.841. The summed E-state index contributed by atoms with van der Waals surface area (Å²) in [7, 11) is 0. The van der Waals surface area contributed by atoms with Crippen LogP contribution < -0.4 is 11.1 Å². The van der Waals surface area contributed by atoms with Crippen LogP contribution in [-0.4, -0.2) is 39.6 Å². The van der Waals surface area contributed by atoms with Gasteiger partial charge in [0.2, 0.25) is 5.91 Å². The van der Waals surface area contributed by atoms with Crippen LogP contribution in [0.2, 0.25) is 0 Å². The van der Waals surface area contributed by atoms with Crippen LogP contribution in [0.15, 0.2) is 0 Å². The van der Waals surface area contributed by atoms with Gasteiger partial charge in [-0.3, -0.25) is 9.59 Å². The molecule has 0 spiro atoms. The molecule has 1 amide bonds. The van der Waals surface area contributed by atoms with Gasteiger partial charge in [-0.05, 0) is 33.1 Å². The number of carboxylic acid groups (broad SMARTS) is 1. The van der Waals surface area contributed by atoms with E-state index in [4.69, 9.17) is 10.8 Å². The standard InChI is InChI=1S/C15H30N2O3S/c1-10(2)7-6-8-11(3)17-12(18)9-21-15(4,5)13(16)14(19)20/h10-11,13H,6-9,16H2,1-5H3,(H,17,18)(H,19,20)/t11?,13-/m0/s1. The Hall–Kier alpha value is -0.750. The molecule has 0 saturated heterocycles. The van der Waals surface area contributed by atoms with Crippen LogP contribution in [0.4, 0.5) is 0 Å². The molecule has 0 aromatic heterocycles. The maximum Gasteiger partial charge on any atom is 0.321 e. The van der Waals surface area contributed by atoms with Crippen LogP contribution >= 0.6 is 11.8 Å². The highest BCUT2D eigenvalue weighted by molar-refractivity contribution is 8.01. The first-order chi connectivity index (χ1) is 9.56. The van der Waals surface area contributed by atoms with Crippen molar-refractivity contribution in [1.82, 2.24) is 5.32 Å². The fourth-order valence-corrected chi connectivity index (χ4v) is 2.73. The van der Waals surface area contributed by atoms with E-state index in [0.717, 1.165) is 19.3 Å². The minimum absolute atomic E-state index is 0.0669. The second-order valence-electron chi connectivity index (χ2n) is 6.50. The minimum Gasteiger partial charge on any atom is -0.480 e. The van der Waals surface area contributed by atoms with Gasteiger partial charge in [0.15, 0.2) is 0 Å². The van der Waals surface area contributed by atoms with Crippen molar-refractivity contribution in [1.29, 1.82) is 0 Å². The first-order valence-corrected chi connectivity index (χ1v) is 8.46. The Morgan fingerprint density at radius 3 is 2.29 bits per heavy atom. The van der Waals surface area contributed by atoms with E-state index in [1.807, 2.05) is 6.92 Å². The molecule has 0 aliphatic rings. The van der Waals surface area contributed by atoms with E-state index in [1.165, 1.54) is 11.8 Å². The molecular formula is C15H30N2O3S. The predicted octanol–water partition coefficient (Wildman–Crippen LogP) is 2.24. The molecule has 124 valence electrons. The van der Waals surface area contributed by atoms with Gasteiger partial charge in [-0.2, -0.15) is 0 Å². The number of nitrogens with one attached hydrogen (secondary N) is 1. The Balaban J connectivity index is 4.06. The molecule has 0 rings (SSSR count). The van der Waals surface area contributed by atoms with Crippen LogP contribution in [0.5, 0.6) is 0 Å². The lowest BCUT2D eigenvalue weighted by molar-refractivity contribution is -0.139. The topological polar surface area (TPSA) is 92.4 Å². The van der Waals surface area contributed by atoms with Crippen molar-refractivity contribution in [3.8, 4) is 0 Å². The summed E-state index contributed by atoms with van der Waals surface area (Å²) >= 11 is 1.28. The van der Waals surface area contributed by atoms with E-state index in [0.29, 0.717) is 5.92 Å². The van der Waals surface area contributed by atoms with Gasteiger partial charge in [-0.25, -0.2) is 0 Å². The number of carboxylic acids is 1. The fraction of sp³-hybridized carbons (Fsp3) is 0.867. The van der Waals surface area contributed by atoms with E-state index in [9.17, 15) is 9.59 Å². The van der Waals surface area contributed by atoms with Crippen molar-refractivity contribution >= 4 is 23.6 Å². The Bertz CT molecular complexity index is 346. The van der Waals surface area contributed by atoms with Gasteiger partial charge in [0.1, 0.15) is 6.04 Å². The largest absolute Gasteiger partial charge is 0.480 e. The Labute approximate surface area is 132 Å². The van der Waals surface area contributed by atoms with Crippen LogP contribution in [-0.2, 0) is 9.59 Å². The number of rotatable bonds is 10. The van der Waals surface area contributed by atoms with Gasteiger partial charge in [-0.1, -0.05) is 26.7 Å². The van der Waals surface area contributed by atoms with Crippen molar-refractivity contribution in [2.75, 3.05) is 5.75 Å². The number of amides is 1. The number of aliphatic carboxylic acids is 1. The summed E-state index contributed by atoms with van der Waals surface area (Å²) in [6.45, 7) is 9.87. The van der Waals surface area contributed by atoms with Crippen LogP contribution in [0.3, 0.4) is 0 Å². The smallest absolute Gasteiger partial charge is 0.321 e. The van der Waals surface area contributed by atoms with Crippen molar-refractivity contribution in [2.24, 2.45) is 11.7 Å². The van der Waals surface area contributed by atoms with Gasteiger partial charge in [-0.15, -0.1) is 11.8 Å². The van der Waals surface area contributed by atoms with Crippen molar-refractivity contribution in [3.05, 3.63) is 0 Å². The number of carbonyl (C=O) groups is 2. The number of thioether (sulfide) groups is 1. The van der Waals surface area contributed by atoms with Crippen molar-refractivity contribution in [2.45, 2.75) is 70.7 Å². The van der Waals surface area contributed by atoms with E-state index in [1.54, 1.807) is 13.8 Å². The molecule has 0 bridgehead atoms. The highest BCUT2D eigenvalue weighted by Crippen LogP contribution is 2.27. The molecule has 1 unspecified atom stereocenters. The third-order valence-corrected chi connectivity index (χ3v) is 4.82. The molecule has 0 aliphatic heterocycles. The minimum atomic E-state index is -1.05. The first-order valence-electron chi connectivity index (χ1n) is 7.48. The third-order valence-electron chi connectivity index (χ3n) is 3.42. The van der Waals surface area contributed by atoms with Gasteiger partial charge in [0.05, 0.1) is 5.75 Å². The number of hydrogen-bond donors (Lipinski definition) is 3. The molecule has 21 heavy (non-hydrogen) atoms. The summed E-state index contributed by atoms with van der Waals surface area (Å²) in [4.78, 5) is 22.8. The van der Waals surface area contributed by atoms with E-state index in [-0.39, 0.29) is 17.7 Å². The van der Waals surface area contributed by atoms with Crippen LogP contribution in [0.1, 0.15) is 53.9 Å². The zero-order valence-corrected chi connectivity index (χ0v) is 14.6. The molecule has 0 radical (unpaired) electrons. The van der Waals surface area contributed by atoms with Crippen LogP contribution in [0, 0.1) is 5.92 Å². The molecule has 0 heterocycles. The molecular weight excluding hydrogens is 288 g/mol. The Kier molecular flexibility index (Phi) is 8.97. The van der Waals surface area contributed by atoms with Crippen molar-refractivity contribution in [3.63, 3.8) is 0 Å². The molecule has 0 aliphatic carbocycles. The van der Waals surface area contributed by atoms with Crippen LogP contribution in [0.25, 0.3) is 0 Å². The molecule has 2 atom stereocenters. The number of hydrogen-bond acceptors (Lipinski definition) is 4. The highest BCUT2D eigenvalue weighted by atomic mass is 32.2. The summed E-state index contributed by atoms with van der Waals surface area (Å²) in [6.07, 6.45) is 3.23. The molecule has 6 heteroatoms. The second kappa shape index (κ2) is 9.30. The first kappa shape index (κ1) is 20.2. The van der Waals surface area contributed by atoms with Gasteiger partial charge < -0.3 is 16.2 Å². The lowest BCUT2D eigenvalue weighted by atomic mass is 10.0. The molecule has 0 aromatic rings. The fourth-order valence-electron chi connectivity index (χ4n) is 1.86. The maximum atomic E-state index is 11.9. The number of carbonyl (C=O) groups excluding carboxylic acids is 1. The third kappa shape index (κ3) is 8.98.